The lowest BCUT2D eigenvalue weighted by Crippen LogP contribution is -2.14. The van der Waals surface area contributed by atoms with Gasteiger partial charge in [0.2, 0.25) is 11.0 Å². The molecule has 7 nitrogen and oxygen atoms in total. The number of hydrogen-bond acceptors (Lipinski definition) is 7. The summed E-state index contributed by atoms with van der Waals surface area (Å²) in [5, 5.41) is 12.3. The Kier molecular flexibility index (Phi) is 7.04. The molecule has 0 bridgehead atoms. The van der Waals surface area contributed by atoms with E-state index < -0.39 is 0 Å². The molecule has 28 heavy (non-hydrogen) atoms. The van der Waals surface area contributed by atoms with Gasteiger partial charge in [-0.25, -0.2) is 0 Å². The van der Waals surface area contributed by atoms with Gasteiger partial charge in [-0.15, -0.1) is 10.2 Å². The van der Waals surface area contributed by atoms with Crippen LogP contribution in [0.5, 0.6) is 17.2 Å². The van der Waals surface area contributed by atoms with Crippen LogP contribution in [0.4, 0.5) is 5.13 Å². The van der Waals surface area contributed by atoms with E-state index in [0.29, 0.717) is 28.8 Å². The number of aromatic nitrogens is 2. The van der Waals surface area contributed by atoms with E-state index in [2.05, 4.69) is 15.5 Å². The van der Waals surface area contributed by atoms with Crippen molar-refractivity contribution < 1.29 is 17.3 Å². The number of amides is 1. The number of para-hydroxylation sites is 1. The number of nitrogens with zero attached hydrogens (tertiary/aromatic N) is 2. The molecule has 0 saturated heterocycles. The van der Waals surface area contributed by atoms with Gasteiger partial charge in [-0.05, 0) is 23.8 Å². The number of carbonyl (C=O) groups is 1. The van der Waals surface area contributed by atoms with Crippen LogP contribution in [0.3, 0.4) is 0 Å². The molecule has 0 spiro atoms. The second kappa shape index (κ2) is 9.69. The zero-order valence-corrected chi connectivity index (χ0v) is 18.2. The molecule has 0 aliphatic carbocycles. The Bertz CT molecular complexity index is 964. The molecule has 0 aliphatic rings. The SMILES string of the molecule is COc1ccccc1CC(=O)Nc1nnc(Cc2ccc(OI)c(OC)c2)s1. The summed E-state index contributed by atoms with van der Waals surface area (Å²) in [6.45, 7) is 0. The van der Waals surface area contributed by atoms with Gasteiger partial charge in [0, 0.05) is 12.0 Å². The molecule has 0 atom stereocenters. The van der Waals surface area contributed by atoms with Crippen molar-refractivity contribution in [3.05, 3.63) is 58.6 Å². The van der Waals surface area contributed by atoms with Crippen molar-refractivity contribution in [2.75, 3.05) is 19.5 Å². The van der Waals surface area contributed by atoms with Crippen molar-refractivity contribution in [3.63, 3.8) is 0 Å². The summed E-state index contributed by atoms with van der Waals surface area (Å²) in [4.78, 5) is 12.3. The lowest BCUT2D eigenvalue weighted by molar-refractivity contribution is -0.115. The Labute approximate surface area is 180 Å². The molecule has 0 unspecified atom stereocenters. The number of carbonyl (C=O) groups excluding carboxylic acids is 1. The number of benzene rings is 2. The van der Waals surface area contributed by atoms with Crippen LogP contribution in [-0.2, 0) is 17.6 Å². The maximum absolute atomic E-state index is 12.3. The molecule has 0 aliphatic heterocycles. The van der Waals surface area contributed by atoms with E-state index in [1.165, 1.54) is 11.3 Å². The summed E-state index contributed by atoms with van der Waals surface area (Å²) in [7, 11) is 3.18. The van der Waals surface area contributed by atoms with Gasteiger partial charge in [-0.1, -0.05) is 35.6 Å². The van der Waals surface area contributed by atoms with Gasteiger partial charge in [0.05, 0.1) is 20.6 Å². The molecule has 0 saturated carbocycles. The third-order valence-corrected chi connectivity index (χ3v) is 5.24. The molecule has 3 aromatic rings. The number of methoxy groups -OCH3 is 2. The summed E-state index contributed by atoms with van der Waals surface area (Å²) in [5.41, 5.74) is 1.83. The largest absolute Gasteiger partial charge is 0.496 e. The number of ether oxygens (including phenoxy) is 2. The highest BCUT2D eigenvalue weighted by Crippen LogP contribution is 2.30. The smallest absolute Gasteiger partial charge is 0.230 e. The zero-order chi connectivity index (χ0) is 19.9. The van der Waals surface area contributed by atoms with E-state index in [1.807, 2.05) is 65.5 Å². The average Bonchev–Trinajstić information content (AvgIpc) is 3.14. The predicted octanol–water partition coefficient (Wildman–Crippen LogP) is 4.06. The summed E-state index contributed by atoms with van der Waals surface area (Å²) >= 11 is 3.16. The van der Waals surface area contributed by atoms with Gasteiger partial charge in [0.15, 0.2) is 34.5 Å². The number of anilines is 1. The van der Waals surface area contributed by atoms with Crippen LogP contribution in [0.15, 0.2) is 42.5 Å². The summed E-state index contributed by atoms with van der Waals surface area (Å²) < 4.78 is 15.8. The van der Waals surface area contributed by atoms with E-state index in [0.717, 1.165) is 16.1 Å². The summed E-state index contributed by atoms with van der Waals surface area (Å²) in [6.07, 6.45) is 0.784. The zero-order valence-electron chi connectivity index (χ0n) is 15.3. The lowest BCUT2D eigenvalue weighted by atomic mass is 10.1. The van der Waals surface area contributed by atoms with Gasteiger partial charge in [0.1, 0.15) is 10.8 Å². The van der Waals surface area contributed by atoms with Crippen LogP contribution in [0.1, 0.15) is 16.1 Å². The van der Waals surface area contributed by atoms with Gasteiger partial charge in [-0.2, -0.15) is 0 Å². The number of hydrogen-bond donors (Lipinski definition) is 1. The first kappa shape index (κ1) is 20.3. The first-order valence-electron chi connectivity index (χ1n) is 8.32. The molecule has 1 amide bonds. The van der Waals surface area contributed by atoms with Crippen molar-refractivity contribution in [1.29, 1.82) is 0 Å². The first-order chi connectivity index (χ1) is 13.6. The van der Waals surface area contributed by atoms with Crippen molar-refractivity contribution in [1.82, 2.24) is 10.2 Å². The Morgan fingerprint density at radius 3 is 2.61 bits per heavy atom. The minimum atomic E-state index is -0.169. The van der Waals surface area contributed by atoms with E-state index in [9.17, 15) is 4.79 Å². The molecule has 2 aromatic carbocycles. The molecule has 3 rings (SSSR count). The maximum Gasteiger partial charge on any atom is 0.230 e. The van der Waals surface area contributed by atoms with Gasteiger partial charge >= 0.3 is 0 Å². The molecule has 9 heteroatoms. The molecule has 0 radical (unpaired) electrons. The monoisotopic (exact) mass is 511 g/mol. The molecule has 1 heterocycles. The van der Waals surface area contributed by atoms with Crippen LogP contribution < -0.4 is 17.9 Å². The Balaban J connectivity index is 1.63. The van der Waals surface area contributed by atoms with Crippen LogP contribution in [0.25, 0.3) is 0 Å². The Morgan fingerprint density at radius 1 is 1.07 bits per heavy atom. The Hall–Kier alpha value is -2.40. The van der Waals surface area contributed by atoms with E-state index >= 15 is 0 Å². The predicted molar refractivity (Wildman–Crippen MR) is 116 cm³/mol. The van der Waals surface area contributed by atoms with Crippen molar-refractivity contribution in [3.8, 4) is 17.2 Å². The molecule has 1 N–H and O–H groups in total. The van der Waals surface area contributed by atoms with E-state index in [1.54, 1.807) is 14.2 Å². The summed E-state index contributed by atoms with van der Waals surface area (Å²) in [5.74, 6) is 1.83. The third-order valence-electron chi connectivity index (χ3n) is 3.92. The second-order valence-corrected chi connectivity index (χ2v) is 7.28. The molecule has 1 aromatic heterocycles. The fraction of sp³-hybridized carbons (Fsp3) is 0.211. The standard InChI is InChI=1S/C19H18IN3O4S/c1-25-14-6-4-3-5-13(14)11-17(24)21-19-23-22-18(28-19)10-12-7-8-15(27-20)16(9-12)26-2/h3-9H,10-11H2,1-2H3,(H,21,23,24). The van der Waals surface area contributed by atoms with Crippen molar-refractivity contribution in [2.24, 2.45) is 0 Å². The highest BCUT2D eigenvalue weighted by Gasteiger charge is 2.13. The van der Waals surface area contributed by atoms with E-state index in [-0.39, 0.29) is 12.3 Å². The molecular weight excluding hydrogens is 493 g/mol. The fourth-order valence-corrected chi connectivity index (χ4v) is 3.78. The van der Waals surface area contributed by atoms with Crippen LogP contribution in [0, 0.1) is 0 Å². The normalized spacial score (nSPS) is 10.4. The highest BCUT2D eigenvalue weighted by atomic mass is 127. The van der Waals surface area contributed by atoms with Crippen molar-refractivity contribution in [2.45, 2.75) is 12.8 Å². The van der Waals surface area contributed by atoms with Crippen LogP contribution >= 0.6 is 34.3 Å². The highest BCUT2D eigenvalue weighted by molar-refractivity contribution is 14.1. The van der Waals surface area contributed by atoms with Crippen LogP contribution in [0.2, 0.25) is 0 Å². The van der Waals surface area contributed by atoms with Gasteiger partial charge in [0.25, 0.3) is 0 Å². The minimum absolute atomic E-state index is 0.169. The number of rotatable bonds is 8. The van der Waals surface area contributed by atoms with Crippen LogP contribution in [-0.4, -0.2) is 30.3 Å². The topological polar surface area (TPSA) is 82.6 Å². The second-order valence-electron chi connectivity index (χ2n) is 5.78. The van der Waals surface area contributed by atoms with E-state index in [4.69, 9.17) is 12.5 Å². The number of halogens is 1. The van der Waals surface area contributed by atoms with Gasteiger partial charge in [-0.3, -0.25) is 4.79 Å². The quantitative estimate of drug-likeness (QED) is 0.460. The number of nitrogens with one attached hydrogen (secondary N) is 1. The molecular formula is C19H18IN3O4S. The summed E-state index contributed by atoms with van der Waals surface area (Å²) in [6, 6.07) is 13.1. The Morgan fingerprint density at radius 2 is 1.86 bits per heavy atom. The maximum atomic E-state index is 12.3. The average molecular weight is 511 g/mol. The first-order valence-corrected chi connectivity index (χ1v) is 10.0. The molecule has 0 fully saturated rings. The van der Waals surface area contributed by atoms with Crippen molar-refractivity contribution >= 4 is 45.4 Å². The van der Waals surface area contributed by atoms with Gasteiger partial charge < -0.3 is 17.9 Å². The minimum Gasteiger partial charge on any atom is -0.496 e. The fourth-order valence-electron chi connectivity index (χ4n) is 2.62. The third kappa shape index (κ3) is 5.10. The lowest BCUT2D eigenvalue weighted by Gasteiger charge is -2.07. The molecule has 146 valence electrons.